The van der Waals surface area contributed by atoms with Gasteiger partial charge in [-0.25, -0.2) is 9.37 Å². The van der Waals surface area contributed by atoms with Gasteiger partial charge in [-0.2, -0.15) is 4.39 Å². The monoisotopic (exact) mass is 600 g/mol. The van der Waals surface area contributed by atoms with Gasteiger partial charge in [-0.1, -0.05) is 11.6 Å². The third kappa shape index (κ3) is 5.56. The predicted molar refractivity (Wildman–Crippen MR) is 152 cm³/mol. The quantitative estimate of drug-likeness (QED) is 0.428. The maximum absolute atomic E-state index is 14.6. The molecule has 0 unspecified atom stereocenters. The van der Waals surface area contributed by atoms with Crippen molar-refractivity contribution in [3.8, 4) is 17.0 Å². The summed E-state index contributed by atoms with van der Waals surface area (Å²) in [4.78, 5) is 46.4. The summed E-state index contributed by atoms with van der Waals surface area (Å²) in [5, 5.41) is 2.83. The molecule has 10 nitrogen and oxygen atoms in total. The number of nitrogens with zero attached hydrogens (tertiary/aromatic N) is 4. The van der Waals surface area contributed by atoms with Crippen LogP contribution in [-0.4, -0.2) is 76.9 Å². The molecule has 0 bridgehead atoms. The second-order valence-electron chi connectivity index (χ2n) is 10.5. The number of anilines is 1. The maximum Gasteiger partial charge on any atom is 0.291 e. The van der Waals surface area contributed by atoms with Crippen molar-refractivity contribution in [1.29, 1.82) is 0 Å². The average molecular weight is 601 g/mol. The standard InChI is InChI=1S/C29H31ClF2N6O4/c1-36-22(20-5-6-23(42-2)25(32)24(20)31)13-34-26(36)27(39)35-18-3-4-19(21(30)11-18)29(41)37-9-7-17(8-10-37)28(40)38-14-16(12-33)15-38/h3-6,11,13,16-17H,7-10,12,14-15,33H2,1-2H3,(H,35,39). The number of nitrogens with one attached hydrogen (secondary N) is 1. The smallest absolute Gasteiger partial charge is 0.291 e. The second kappa shape index (κ2) is 12.1. The molecule has 0 atom stereocenters. The molecule has 0 spiro atoms. The molecule has 13 heteroatoms. The molecule has 3 heterocycles. The lowest BCUT2D eigenvalue weighted by Gasteiger charge is -2.42. The minimum Gasteiger partial charge on any atom is -0.494 e. The zero-order valence-corrected chi connectivity index (χ0v) is 24.0. The van der Waals surface area contributed by atoms with Crippen molar-refractivity contribution in [2.24, 2.45) is 24.6 Å². The van der Waals surface area contributed by atoms with Gasteiger partial charge in [0.2, 0.25) is 11.7 Å². The van der Waals surface area contributed by atoms with Gasteiger partial charge < -0.3 is 30.2 Å². The van der Waals surface area contributed by atoms with Crippen molar-refractivity contribution in [2.45, 2.75) is 12.8 Å². The van der Waals surface area contributed by atoms with Crippen LogP contribution in [0.4, 0.5) is 14.5 Å². The van der Waals surface area contributed by atoms with Crippen molar-refractivity contribution in [1.82, 2.24) is 19.4 Å². The van der Waals surface area contributed by atoms with Gasteiger partial charge in [-0.05, 0) is 49.7 Å². The molecule has 2 fully saturated rings. The minimum absolute atomic E-state index is 0.0499. The van der Waals surface area contributed by atoms with Crippen LogP contribution in [0.3, 0.4) is 0 Å². The van der Waals surface area contributed by atoms with Crippen LogP contribution in [0.15, 0.2) is 36.5 Å². The largest absolute Gasteiger partial charge is 0.494 e. The molecule has 1 aromatic heterocycles. The predicted octanol–water partition coefficient (Wildman–Crippen LogP) is 3.55. The molecule has 5 rings (SSSR count). The number of carbonyl (C=O) groups excluding carboxylic acids is 3. The van der Waals surface area contributed by atoms with Crippen molar-refractivity contribution in [3.05, 3.63) is 64.6 Å². The highest BCUT2D eigenvalue weighted by atomic mass is 35.5. The normalized spacial score (nSPS) is 15.9. The number of imidazole rings is 1. The number of benzene rings is 2. The first-order valence-corrected chi connectivity index (χ1v) is 13.9. The first-order valence-electron chi connectivity index (χ1n) is 13.6. The van der Waals surface area contributed by atoms with Gasteiger partial charge in [0.25, 0.3) is 11.8 Å². The number of hydrogen-bond donors (Lipinski definition) is 2. The lowest BCUT2D eigenvalue weighted by Crippen LogP contribution is -2.55. The number of amides is 3. The van der Waals surface area contributed by atoms with Crippen LogP contribution in [0, 0.1) is 23.5 Å². The first-order chi connectivity index (χ1) is 20.1. The molecule has 0 aliphatic carbocycles. The van der Waals surface area contributed by atoms with Gasteiger partial charge in [0.05, 0.1) is 29.6 Å². The summed E-state index contributed by atoms with van der Waals surface area (Å²) in [6.07, 6.45) is 2.43. The number of aromatic nitrogens is 2. The van der Waals surface area contributed by atoms with E-state index in [-0.39, 0.29) is 51.1 Å². The number of likely N-dealkylation sites (tertiary alicyclic amines) is 2. The van der Waals surface area contributed by atoms with Crippen LogP contribution >= 0.6 is 11.6 Å². The van der Waals surface area contributed by atoms with Crippen molar-refractivity contribution in [2.75, 3.05) is 45.2 Å². The highest BCUT2D eigenvalue weighted by Gasteiger charge is 2.36. The van der Waals surface area contributed by atoms with E-state index >= 15 is 0 Å². The third-order valence-electron chi connectivity index (χ3n) is 7.92. The van der Waals surface area contributed by atoms with Crippen LogP contribution in [0.5, 0.6) is 5.75 Å². The van der Waals surface area contributed by atoms with E-state index in [1.54, 1.807) is 11.0 Å². The summed E-state index contributed by atoms with van der Waals surface area (Å²) in [5.74, 6) is -3.01. The van der Waals surface area contributed by atoms with E-state index in [0.29, 0.717) is 57.2 Å². The average Bonchev–Trinajstić information content (AvgIpc) is 3.34. The number of methoxy groups -OCH3 is 1. The van der Waals surface area contributed by atoms with Crippen LogP contribution < -0.4 is 15.8 Å². The number of carbonyl (C=O) groups is 3. The molecule has 0 saturated carbocycles. The summed E-state index contributed by atoms with van der Waals surface area (Å²) in [6, 6.07) is 7.17. The van der Waals surface area contributed by atoms with Gasteiger partial charge in [0.15, 0.2) is 17.4 Å². The Bertz CT molecular complexity index is 1530. The van der Waals surface area contributed by atoms with Crippen LogP contribution in [-0.2, 0) is 11.8 Å². The van der Waals surface area contributed by atoms with E-state index in [2.05, 4.69) is 10.3 Å². The highest BCUT2D eigenvalue weighted by Crippen LogP contribution is 2.31. The Morgan fingerprint density at radius 1 is 1.10 bits per heavy atom. The van der Waals surface area contributed by atoms with E-state index in [4.69, 9.17) is 22.1 Å². The van der Waals surface area contributed by atoms with Crippen molar-refractivity contribution >= 4 is 35.0 Å². The molecular formula is C29H31ClF2N6O4. The zero-order chi connectivity index (χ0) is 30.1. The Morgan fingerprint density at radius 3 is 2.45 bits per heavy atom. The Kier molecular flexibility index (Phi) is 8.46. The van der Waals surface area contributed by atoms with Gasteiger partial charge in [-0.3, -0.25) is 14.4 Å². The molecule has 2 aliphatic rings. The van der Waals surface area contributed by atoms with Gasteiger partial charge in [0, 0.05) is 56.3 Å². The molecule has 3 amide bonds. The molecular weight excluding hydrogens is 570 g/mol. The summed E-state index contributed by atoms with van der Waals surface area (Å²) in [5.41, 5.74) is 6.36. The summed E-state index contributed by atoms with van der Waals surface area (Å²) >= 11 is 6.44. The van der Waals surface area contributed by atoms with E-state index < -0.39 is 17.5 Å². The summed E-state index contributed by atoms with van der Waals surface area (Å²) < 4.78 is 35.0. The number of halogens is 3. The van der Waals surface area contributed by atoms with Crippen molar-refractivity contribution < 1.29 is 27.9 Å². The lowest BCUT2D eigenvalue weighted by atomic mass is 9.91. The molecule has 0 radical (unpaired) electrons. The van der Waals surface area contributed by atoms with Crippen LogP contribution in [0.2, 0.25) is 5.02 Å². The Labute approximate surface area is 246 Å². The second-order valence-corrected chi connectivity index (χ2v) is 10.9. The maximum atomic E-state index is 14.6. The zero-order valence-electron chi connectivity index (χ0n) is 23.2. The SMILES string of the molecule is COc1ccc(-c2cnc(C(=O)Nc3ccc(C(=O)N4CCC(C(=O)N5CC(CN)C5)CC4)c(Cl)c3)n2C)c(F)c1F. The lowest BCUT2D eigenvalue weighted by molar-refractivity contribution is -0.143. The molecule has 42 heavy (non-hydrogen) atoms. The molecule has 2 aliphatic heterocycles. The fourth-order valence-electron chi connectivity index (χ4n) is 5.37. The van der Waals surface area contributed by atoms with E-state index in [0.717, 1.165) is 0 Å². The molecule has 3 N–H and O–H groups in total. The van der Waals surface area contributed by atoms with E-state index in [1.807, 2.05) is 4.90 Å². The minimum atomic E-state index is -1.14. The Balaban J connectivity index is 1.21. The van der Waals surface area contributed by atoms with Gasteiger partial charge in [-0.15, -0.1) is 0 Å². The molecule has 222 valence electrons. The number of hydrogen-bond acceptors (Lipinski definition) is 6. The number of rotatable bonds is 7. The van der Waals surface area contributed by atoms with Crippen LogP contribution in [0.1, 0.15) is 33.8 Å². The Morgan fingerprint density at radius 2 is 1.81 bits per heavy atom. The number of nitrogens with two attached hydrogens (primary N) is 1. The van der Waals surface area contributed by atoms with Gasteiger partial charge >= 0.3 is 0 Å². The molecule has 2 aromatic carbocycles. The van der Waals surface area contributed by atoms with E-state index in [1.165, 1.54) is 49.2 Å². The highest BCUT2D eigenvalue weighted by molar-refractivity contribution is 6.34. The van der Waals surface area contributed by atoms with Crippen molar-refractivity contribution in [3.63, 3.8) is 0 Å². The van der Waals surface area contributed by atoms with Gasteiger partial charge in [0.1, 0.15) is 0 Å². The summed E-state index contributed by atoms with van der Waals surface area (Å²) in [7, 11) is 2.74. The number of piperidine rings is 1. The van der Waals surface area contributed by atoms with E-state index in [9.17, 15) is 23.2 Å². The first kappa shape index (κ1) is 29.5. The fraction of sp³-hybridized carbons (Fsp3) is 0.379. The third-order valence-corrected chi connectivity index (χ3v) is 8.24. The Hall–Kier alpha value is -4.03. The molecule has 3 aromatic rings. The topological polar surface area (TPSA) is 123 Å². The van der Waals surface area contributed by atoms with Crippen LogP contribution in [0.25, 0.3) is 11.3 Å². The fourth-order valence-corrected chi connectivity index (χ4v) is 5.63. The molecule has 2 saturated heterocycles. The summed E-state index contributed by atoms with van der Waals surface area (Å²) in [6.45, 7) is 2.87. The number of ether oxygens (including phenoxy) is 1.